The van der Waals surface area contributed by atoms with Crippen molar-refractivity contribution in [3.63, 3.8) is 0 Å². The first-order valence-corrected chi connectivity index (χ1v) is 6.00. The van der Waals surface area contributed by atoms with Crippen LogP contribution in [0.5, 0.6) is 5.75 Å². The van der Waals surface area contributed by atoms with Gasteiger partial charge in [0.1, 0.15) is 5.75 Å². The van der Waals surface area contributed by atoms with Gasteiger partial charge in [-0.3, -0.25) is 0 Å². The summed E-state index contributed by atoms with van der Waals surface area (Å²) in [5, 5.41) is 3.53. The van der Waals surface area contributed by atoms with Gasteiger partial charge in [0.15, 0.2) is 0 Å². The number of hydrogen-bond donors (Lipinski definition) is 1. The van der Waals surface area contributed by atoms with Crippen LogP contribution in [0.15, 0.2) is 24.3 Å². The fraction of sp³-hybridized carbons (Fsp3) is 0.571. The molecule has 1 atom stereocenters. The molecule has 0 bridgehead atoms. The second kappa shape index (κ2) is 6.54. The Morgan fingerprint density at radius 2 is 1.75 bits per heavy atom. The molecule has 0 aromatic heterocycles. The van der Waals surface area contributed by atoms with Gasteiger partial charge in [0.2, 0.25) is 0 Å². The Hall–Kier alpha value is -1.02. The fourth-order valence-electron chi connectivity index (χ4n) is 1.60. The second-order valence-corrected chi connectivity index (χ2v) is 4.63. The summed E-state index contributed by atoms with van der Waals surface area (Å²) in [6.45, 7) is 7.77. The maximum Gasteiger partial charge on any atom is 0.118 e. The van der Waals surface area contributed by atoms with Crippen molar-refractivity contribution in [3.05, 3.63) is 29.8 Å². The molecule has 90 valence electrons. The Morgan fingerprint density at radius 3 is 2.25 bits per heavy atom. The van der Waals surface area contributed by atoms with Crippen LogP contribution in [0.1, 0.15) is 38.8 Å². The van der Waals surface area contributed by atoms with E-state index in [-0.39, 0.29) is 0 Å². The van der Waals surface area contributed by atoms with Crippen molar-refractivity contribution in [1.29, 1.82) is 0 Å². The molecule has 0 unspecified atom stereocenters. The highest BCUT2D eigenvalue weighted by Gasteiger charge is 2.04. The van der Waals surface area contributed by atoms with E-state index in [2.05, 4.69) is 38.2 Å². The molecule has 16 heavy (non-hydrogen) atoms. The van der Waals surface area contributed by atoms with Crippen LogP contribution in [0.4, 0.5) is 0 Å². The minimum absolute atomic E-state index is 0.407. The third-order valence-electron chi connectivity index (χ3n) is 2.79. The van der Waals surface area contributed by atoms with Gasteiger partial charge >= 0.3 is 0 Å². The summed E-state index contributed by atoms with van der Waals surface area (Å²) in [4.78, 5) is 0. The molecule has 0 amide bonds. The molecule has 0 aliphatic heterocycles. The van der Waals surface area contributed by atoms with Crippen molar-refractivity contribution in [1.82, 2.24) is 5.32 Å². The highest BCUT2D eigenvalue weighted by Crippen LogP contribution is 2.17. The molecule has 0 saturated heterocycles. The Kier molecular flexibility index (Phi) is 5.33. The first kappa shape index (κ1) is 13.0. The van der Waals surface area contributed by atoms with Crippen LogP contribution in [-0.2, 0) is 0 Å². The average Bonchev–Trinajstić information content (AvgIpc) is 2.28. The molecule has 0 radical (unpaired) electrons. The number of benzene rings is 1. The third kappa shape index (κ3) is 4.23. The van der Waals surface area contributed by atoms with Crippen LogP contribution in [0.3, 0.4) is 0 Å². The van der Waals surface area contributed by atoms with Crippen molar-refractivity contribution in [2.24, 2.45) is 5.92 Å². The van der Waals surface area contributed by atoms with E-state index in [0.717, 1.165) is 18.2 Å². The summed E-state index contributed by atoms with van der Waals surface area (Å²) in [7, 11) is 1.69. The number of nitrogens with one attached hydrogen (secondary N) is 1. The van der Waals surface area contributed by atoms with Crippen molar-refractivity contribution in [2.75, 3.05) is 13.7 Å². The van der Waals surface area contributed by atoms with Gasteiger partial charge in [0.05, 0.1) is 7.11 Å². The van der Waals surface area contributed by atoms with Crippen molar-refractivity contribution in [3.8, 4) is 5.75 Å². The van der Waals surface area contributed by atoms with E-state index in [1.54, 1.807) is 7.11 Å². The lowest BCUT2D eigenvalue weighted by atomic mass is 10.1. The maximum atomic E-state index is 5.14. The SMILES string of the molecule is COc1ccc([C@H](C)NCCC(C)C)cc1. The van der Waals surface area contributed by atoms with E-state index >= 15 is 0 Å². The van der Waals surface area contributed by atoms with Gasteiger partial charge in [-0.05, 0) is 43.5 Å². The van der Waals surface area contributed by atoms with Gasteiger partial charge in [-0.1, -0.05) is 26.0 Å². The van der Waals surface area contributed by atoms with Crippen LogP contribution in [0.2, 0.25) is 0 Å². The summed E-state index contributed by atoms with van der Waals surface area (Å²) in [5.74, 6) is 1.67. The molecule has 0 fully saturated rings. The summed E-state index contributed by atoms with van der Waals surface area (Å²) in [6.07, 6.45) is 1.22. The predicted molar refractivity (Wildman–Crippen MR) is 68.9 cm³/mol. The van der Waals surface area contributed by atoms with Gasteiger partial charge in [0, 0.05) is 6.04 Å². The van der Waals surface area contributed by atoms with Crippen LogP contribution in [-0.4, -0.2) is 13.7 Å². The monoisotopic (exact) mass is 221 g/mol. The molecule has 0 heterocycles. The van der Waals surface area contributed by atoms with Crippen LogP contribution in [0, 0.1) is 5.92 Å². The predicted octanol–water partition coefficient (Wildman–Crippen LogP) is 3.39. The van der Waals surface area contributed by atoms with E-state index in [1.165, 1.54) is 12.0 Å². The molecular weight excluding hydrogens is 198 g/mol. The Bertz CT molecular complexity index is 292. The topological polar surface area (TPSA) is 21.3 Å². The maximum absolute atomic E-state index is 5.14. The highest BCUT2D eigenvalue weighted by atomic mass is 16.5. The van der Waals surface area contributed by atoms with E-state index in [0.29, 0.717) is 6.04 Å². The summed E-state index contributed by atoms with van der Waals surface area (Å²) in [6, 6.07) is 8.66. The number of ether oxygens (including phenoxy) is 1. The smallest absolute Gasteiger partial charge is 0.118 e. The summed E-state index contributed by atoms with van der Waals surface area (Å²) >= 11 is 0. The van der Waals surface area contributed by atoms with Crippen LogP contribution >= 0.6 is 0 Å². The van der Waals surface area contributed by atoms with Gasteiger partial charge in [-0.2, -0.15) is 0 Å². The zero-order valence-corrected chi connectivity index (χ0v) is 10.8. The van der Waals surface area contributed by atoms with Gasteiger partial charge in [-0.25, -0.2) is 0 Å². The van der Waals surface area contributed by atoms with E-state index in [1.807, 2.05) is 12.1 Å². The molecule has 1 aromatic carbocycles. The molecular formula is C14H23NO. The average molecular weight is 221 g/mol. The molecule has 1 N–H and O–H groups in total. The Labute approximate surface area is 99.0 Å². The zero-order valence-electron chi connectivity index (χ0n) is 10.8. The van der Waals surface area contributed by atoms with Crippen LogP contribution in [0.25, 0.3) is 0 Å². The molecule has 1 rings (SSSR count). The van der Waals surface area contributed by atoms with Gasteiger partial charge < -0.3 is 10.1 Å². The highest BCUT2D eigenvalue weighted by molar-refractivity contribution is 5.28. The van der Waals surface area contributed by atoms with E-state index in [9.17, 15) is 0 Å². The lowest BCUT2D eigenvalue weighted by Gasteiger charge is -2.15. The molecule has 2 heteroatoms. The third-order valence-corrected chi connectivity index (χ3v) is 2.79. The molecule has 1 aromatic rings. The number of methoxy groups -OCH3 is 1. The fourth-order valence-corrected chi connectivity index (χ4v) is 1.60. The molecule has 0 spiro atoms. The minimum Gasteiger partial charge on any atom is -0.497 e. The van der Waals surface area contributed by atoms with Crippen molar-refractivity contribution in [2.45, 2.75) is 33.2 Å². The quantitative estimate of drug-likeness (QED) is 0.795. The van der Waals surface area contributed by atoms with E-state index < -0.39 is 0 Å². The van der Waals surface area contributed by atoms with Crippen LogP contribution < -0.4 is 10.1 Å². The lowest BCUT2D eigenvalue weighted by Crippen LogP contribution is -2.20. The summed E-state index contributed by atoms with van der Waals surface area (Å²) < 4.78 is 5.14. The standard InChI is InChI=1S/C14H23NO/c1-11(2)9-10-15-12(3)13-5-7-14(16-4)8-6-13/h5-8,11-12,15H,9-10H2,1-4H3/t12-/m0/s1. The van der Waals surface area contributed by atoms with Crippen molar-refractivity contribution < 1.29 is 4.74 Å². The number of rotatable bonds is 6. The van der Waals surface area contributed by atoms with Gasteiger partial charge in [0.25, 0.3) is 0 Å². The molecule has 0 aliphatic carbocycles. The lowest BCUT2D eigenvalue weighted by molar-refractivity contribution is 0.414. The molecule has 0 aliphatic rings. The molecule has 0 saturated carbocycles. The van der Waals surface area contributed by atoms with E-state index in [4.69, 9.17) is 4.74 Å². The molecule has 2 nitrogen and oxygen atoms in total. The zero-order chi connectivity index (χ0) is 12.0. The van der Waals surface area contributed by atoms with Crippen molar-refractivity contribution >= 4 is 0 Å². The first-order chi connectivity index (χ1) is 7.63. The largest absolute Gasteiger partial charge is 0.497 e. The van der Waals surface area contributed by atoms with Gasteiger partial charge in [-0.15, -0.1) is 0 Å². The Morgan fingerprint density at radius 1 is 1.12 bits per heavy atom. The summed E-state index contributed by atoms with van der Waals surface area (Å²) in [5.41, 5.74) is 1.31. The normalized spacial score (nSPS) is 12.8. The first-order valence-electron chi connectivity index (χ1n) is 6.00. The number of hydrogen-bond acceptors (Lipinski definition) is 2. The Balaban J connectivity index is 2.43. The second-order valence-electron chi connectivity index (χ2n) is 4.63. The minimum atomic E-state index is 0.407.